The van der Waals surface area contributed by atoms with Gasteiger partial charge in [0.15, 0.2) is 0 Å². The van der Waals surface area contributed by atoms with Crippen molar-refractivity contribution in [1.29, 1.82) is 0 Å². The highest BCUT2D eigenvalue weighted by Crippen LogP contribution is 1.64. The fraction of sp³-hybridized carbons (Fsp3) is 0.500. The van der Waals surface area contributed by atoms with Crippen LogP contribution in [0.3, 0.4) is 0 Å². The summed E-state index contributed by atoms with van der Waals surface area (Å²) < 4.78 is 0. The smallest absolute Gasteiger partial charge is 0.110 e. The van der Waals surface area contributed by atoms with Crippen LogP contribution in [-0.2, 0) is 0 Å². The first-order chi connectivity index (χ1) is 2.00. The van der Waals surface area contributed by atoms with Crippen LogP contribution in [0.4, 0.5) is 0 Å². The Morgan fingerprint density at radius 2 is 2.25 bits per heavy atom. The van der Waals surface area contributed by atoms with Gasteiger partial charge < -0.3 is 5.32 Å². The zero-order valence-corrected chi connectivity index (χ0v) is 2.23. The van der Waals surface area contributed by atoms with E-state index in [0.29, 0.717) is 0 Å². The highest BCUT2D eigenvalue weighted by molar-refractivity contribution is 5.58. The predicted molar refractivity (Wildman–Crippen MR) is 16.5 cm³/mol. The first-order valence-electron chi connectivity index (χ1n) is 1.22. The third-order valence-electron chi connectivity index (χ3n) is 0.365. The van der Waals surface area contributed by atoms with Crippen LogP contribution in [0.25, 0.3) is 0 Å². The molecule has 1 heterocycles. The zero-order valence-electron chi connectivity index (χ0n) is 2.23. The van der Waals surface area contributed by atoms with Gasteiger partial charge in [-0.25, -0.2) is 0 Å². The number of aliphatic imine (C=N–C) groups is 1. The van der Waals surface area contributed by atoms with Gasteiger partial charge in [0, 0.05) is 0 Å². The van der Waals surface area contributed by atoms with Crippen LogP contribution in [0.1, 0.15) is 0 Å². The molecule has 0 amide bonds. The van der Waals surface area contributed by atoms with Crippen LogP contribution in [0.2, 0.25) is 0 Å². The lowest BCUT2D eigenvalue weighted by atomic mass is 10.9. The van der Waals surface area contributed by atoms with E-state index in [1.807, 2.05) is 0 Å². The molecule has 0 unspecified atom stereocenters. The molecule has 0 aromatic heterocycles. The number of nitrogens with one attached hydrogen (secondary N) is 1. The lowest BCUT2D eigenvalue weighted by Crippen LogP contribution is -2.20. The molecule has 0 aromatic carbocycles. The van der Waals surface area contributed by atoms with E-state index in [-0.39, 0.29) is 0 Å². The monoisotopic (exact) mass is 56.0 g/mol. The van der Waals surface area contributed by atoms with Gasteiger partial charge in [-0.1, -0.05) is 0 Å². The molecule has 4 heavy (non-hydrogen) atoms. The molecule has 0 aliphatic carbocycles. The molecule has 0 radical (unpaired) electrons. The molecule has 2 heteroatoms. The Bertz CT molecular complexity index is 33.3. The molecule has 0 aromatic rings. The Morgan fingerprint density at radius 3 is 2.25 bits per heavy atom. The van der Waals surface area contributed by atoms with E-state index in [1.54, 1.807) is 6.34 Å². The van der Waals surface area contributed by atoms with Crippen LogP contribution < -0.4 is 5.32 Å². The molecule has 0 saturated carbocycles. The van der Waals surface area contributed by atoms with Crippen molar-refractivity contribution in [3.8, 4) is 0 Å². The van der Waals surface area contributed by atoms with Crippen molar-refractivity contribution in [3.05, 3.63) is 0 Å². The maximum absolute atomic E-state index is 3.68. The topological polar surface area (TPSA) is 24.4 Å². The Hall–Kier alpha value is -0.530. The summed E-state index contributed by atoms with van der Waals surface area (Å²) in [5.41, 5.74) is 0. The highest BCUT2D eigenvalue weighted by Gasteiger charge is 1.77. The molecular weight excluding hydrogens is 52.0 g/mol. The first kappa shape index (κ1) is 1.76. The average molecular weight is 56.1 g/mol. The second-order valence-electron chi connectivity index (χ2n) is 0.674. The predicted octanol–water partition coefficient (Wildman–Crippen LogP) is -0.425. The van der Waals surface area contributed by atoms with E-state index in [0.717, 1.165) is 6.67 Å². The Balaban J connectivity index is 2.47. The number of hydrogen-bond donors (Lipinski definition) is 1. The zero-order chi connectivity index (χ0) is 2.83. The summed E-state index contributed by atoms with van der Waals surface area (Å²) >= 11 is 0. The molecule has 0 spiro atoms. The maximum Gasteiger partial charge on any atom is 0.110 e. The van der Waals surface area contributed by atoms with E-state index >= 15 is 0 Å². The van der Waals surface area contributed by atoms with Crippen LogP contribution in [-0.4, -0.2) is 13.0 Å². The number of hydrogen-bond acceptors (Lipinski definition) is 2. The van der Waals surface area contributed by atoms with Gasteiger partial charge in [0.2, 0.25) is 0 Å². The lowest BCUT2D eigenvalue weighted by Gasteiger charge is -1.98. The Labute approximate surface area is 24.5 Å². The maximum atomic E-state index is 3.68. The summed E-state index contributed by atoms with van der Waals surface area (Å²) in [6, 6.07) is 0. The third kappa shape index (κ3) is 0.0270. The van der Waals surface area contributed by atoms with Crippen molar-refractivity contribution in [2.75, 3.05) is 6.67 Å². The minimum Gasteiger partial charge on any atom is -0.357 e. The SMILES string of the molecule is C1=NCN1. The van der Waals surface area contributed by atoms with Crippen molar-refractivity contribution in [3.63, 3.8) is 0 Å². The normalized spacial score (nSPS) is 18.0. The molecule has 0 fully saturated rings. The standard InChI is InChI=1S/C2H4N2/c1-3-2-4-1/h1H,2H2,(H,3,4). The van der Waals surface area contributed by atoms with Crippen LogP contribution >= 0.6 is 0 Å². The van der Waals surface area contributed by atoms with Gasteiger partial charge in [-0.3, -0.25) is 4.99 Å². The van der Waals surface area contributed by atoms with Gasteiger partial charge in [-0.05, 0) is 0 Å². The van der Waals surface area contributed by atoms with E-state index in [9.17, 15) is 0 Å². The molecule has 0 saturated heterocycles. The Morgan fingerprint density at radius 1 is 2.00 bits per heavy atom. The van der Waals surface area contributed by atoms with E-state index in [1.165, 1.54) is 0 Å². The Kier molecular flexibility index (Phi) is 0.195. The van der Waals surface area contributed by atoms with E-state index < -0.39 is 0 Å². The molecular formula is C2H4N2. The van der Waals surface area contributed by atoms with Crippen LogP contribution in [0, 0.1) is 0 Å². The molecule has 22 valence electrons. The molecule has 1 aliphatic heterocycles. The molecule has 1 rings (SSSR count). The summed E-state index contributed by atoms with van der Waals surface area (Å²) in [5.74, 6) is 0. The average Bonchev–Trinajstić information content (AvgIpc) is 0.722. The minimum atomic E-state index is 0.819. The molecule has 1 aliphatic rings. The van der Waals surface area contributed by atoms with Gasteiger partial charge in [-0.15, -0.1) is 0 Å². The second kappa shape index (κ2) is 0.443. The lowest BCUT2D eigenvalue weighted by molar-refractivity contribution is 0.866. The van der Waals surface area contributed by atoms with Crippen LogP contribution in [0.5, 0.6) is 0 Å². The quantitative estimate of drug-likeness (QED) is 0.400. The van der Waals surface area contributed by atoms with Crippen molar-refractivity contribution in [2.45, 2.75) is 0 Å². The van der Waals surface area contributed by atoms with Gasteiger partial charge in [0.05, 0.1) is 6.34 Å². The summed E-state index contributed by atoms with van der Waals surface area (Å²) in [5, 5.41) is 2.82. The summed E-state index contributed by atoms with van der Waals surface area (Å²) in [4.78, 5) is 3.68. The number of nitrogens with zero attached hydrogens (tertiary/aromatic N) is 1. The summed E-state index contributed by atoms with van der Waals surface area (Å²) in [6.45, 7) is 0.819. The van der Waals surface area contributed by atoms with Gasteiger partial charge in [0.1, 0.15) is 6.67 Å². The first-order valence-corrected chi connectivity index (χ1v) is 1.22. The second-order valence-corrected chi connectivity index (χ2v) is 0.674. The van der Waals surface area contributed by atoms with E-state index in [4.69, 9.17) is 0 Å². The largest absolute Gasteiger partial charge is 0.357 e. The van der Waals surface area contributed by atoms with Gasteiger partial charge >= 0.3 is 0 Å². The third-order valence-corrected chi connectivity index (χ3v) is 0.365. The van der Waals surface area contributed by atoms with Gasteiger partial charge in [0.25, 0.3) is 0 Å². The van der Waals surface area contributed by atoms with Crippen molar-refractivity contribution < 1.29 is 0 Å². The highest BCUT2D eigenvalue weighted by atomic mass is 15.1. The summed E-state index contributed by atoms with van der Waals surface area (Å²) in [7, 11) is 0. The molecule has 1 N–H and O–H groups in total. The fourth-order valence-electron chi connectivity index (χ4n) is 0.0913. The molecule has 2 nitrogen and oxygen atoms in total. The van der Waals surface area contributed by atoms with Crippen molar-refractivity contribution in [2.24, 2.45) is 4.99 Å². The minimum absolute atomic E-state index is 0.819. The summed E-state index contributed by atoms with van der Waals surface area (Å²) in [6.07, 6.45) is 1.68. The van der Waals surface area contributed by atoms with Crippen molar-refractivity contribution >= 4 is 6.34 Å². The van der Waals surface area contributed by atoms with E-state index in [2.05, 4.69) is 10.3 Å². The van der Waals surface area contributed by atoms with Crippen LogP contribution in [0.15, 0.2) is 4.99 Å². The van der Waals surface area contributed by atoms with Gasteiger partial charge in [-0.2, -0.15) is 0 Å². The molecule has 0 bridgehead atoms. The molecule has 0 atom stereocenters. The fourth-order valence-corrected chi connectivity index (χ4v) is 0.0913. The van der Waals surface area contributed by atoms with Crippen molar-refractivity contribution in [1.82, 2.24) is 5.32 Å². The number of rotatable bonds is 0.